The molecule has 0 unspecified atom stereocenters. The number of halogens is 1. The first-order valence-corrected chi connectivity index (χ1v) is 10.9. The van der Waals surface area contributed by atoms with E-state index in [4.69, 9.17) is 0 Å². The van der Waals surface area contributed by atoms with Crippen LogP contribution in [0, 0.1) is 5.82 Å². The molecule has 1 atom stereocenters. The maximum absolute atomic E-state index is 13.4. The lowest BCUT2D eigenvalue weighted by molar-refractivity contribution is -0.116. The number of hydrogen-bond acceptors (Lipinski definition) is 4. The van der Waals surface area contributed by atoms with Crippen molar-refractivity contribution in [1.29, 1.82) is 0 Å². The minimum atomic E-state index is -0.406. The summed E-state index contributed by atoms with van der Waals surface area (Å²) in [5.74, 6) is -0.775. The number of nitrogens with one attached hydrogen (secondary N) is 2. The third kappa shape index (κ3) is 5.47. The van der Waals surface area contributed by atoms with Crippen LogP contribution in [0.1, 0.15) is 33.3 Å². The minimum absolute atomic E-state index is 0.154. The topological polar surface area (TPSA) is 76.0 Å². The molecule has 0 spiro atoms. The number of rotatable bonds is 8. The van der Waals surface area contributed by atoms with E-state index in [0.29, 0.717) is 17.8 Å². The summed E-state index contributed by atoms with van der Waals surface area (Å²) in [6.07, 6.45) is 5.40. The molecule has 0 saturated carbocycles. The fraction of sp³-hybridized carbons (Fsp3) is 0.125. The lowest BCUT2D eigenvalue weighted by Crippen LogP contribution is -2.29. The highest BCUT2D eigenvalue weighted by molar-refractivity contribution is 7.10. The highest BCUT2D eigenvalue weighted by Gasteiger charge is 2.19. The number of anilines is 1. The van der Waals surface area contributed by atoms with Gasteiger partial charge in [-0.15, -0.1) is 11.3 Å². The van der Waals surface area contributed by atoms with Crippen molar-refractivity contribution in [3.05, 3.63) is 107 Å². The van der Waals surface area contributed by atoms with Gasteiger partial charge in [-0.25, -0.2) is 9.37 Å². The molecule has 8 heteroatoms. The molecule has 0 fully saturated rings. The Hall–Kier alpha value is -3.78. The van der Waals surface area contributed by atoms with Crippen molar-refractivity contribution < 1.29 is 14.0 Å². The number of benzene rings is 2. The summed E-state index contributed by atoms with van der Waals surface area (Å²) >= 11 is 1.51. The Morgan fingerprint density at radius 3 is 2.66 bits per heavy atom. The Morgan fingerprint density at radius 1 is 1.09 bits per heavy atom. The molecule has 0 aliphatic carbocycles. The number of imidazole rings is 1. The molecular weight excluding hydrogens is 427 g/mol. The van der Waals surface area contributed by atoms with Gasteiger partial charge in [0.05, 0.1) is 12.4 Å². The first kappa shape index (κ1) is 21.5. The summed E-state index contributed by atoms with van der Waals surface area (Å²) in [6.45, 7) is 0.520. The Kier molecular flexibility index (Phi) is 6.72. The largest absolute Gasteiger partial charge is 0.340 e. The number of hydrogen-bond donors (Lipinski definition) is 2. The molecule has 2 aromatic carbocycles. The molecule has 0 aliphatic rings. The fourth-order valence-corrected chi connectivity index (χ4v) is 4.06. The Bertz CT molecular complexity index is 1180. The zero-order chi connectivity index (χ0) is 22.3. The maximum atomic E-state index is 13.4. The highest BCUT2D eigenvalue weighted by Crippen LogP contribution is 2.27. The molecule has 2 amide bonds. The van der Waals surface area contributed by atoms with Gasteiger partial charge < -0.3 is 15.2 Å². The van der Waals surface area contributed by atoms with Crippen LogP contribution in [0.2, 0.25) is 0 Å². The number of carbonyl (C=O) groups is 2. The monoisotopic (exact) mass is 448 g/mol. The quantitative estimate of drug-likeness (QED) is 0.413. The number of thiophene rings is 1. The van der Waals surface area contributed by atoms with Crippen LogP contribution >= 0.6 is 11.3 Å². The Morgan fingerprint density at radius 2 is 1.94 bits per heavy atom. The molecule has 32 heavy (non-hydrogen) atoms. The van der Waals surface area contributed by atoms with Crippen LogP contribution < -0.4 is 10.6 Å². The van der Waals surface area contributed by atoms with Crippen LogP contribution in [-0.2, 0) is 11.3 Å². The Balaban J connectivity index is 1.45. The molecule has 0 bridgehead atoms. The molecule has 0 aliphatic heterocycles. The van der Waals surface area contributed by atoms with Crippen molar-refractivity contribution >= 4 is 28.8 Å². The standard InChI is InChI=1S/C24H21FN4O2S/c25-19-8-6-17(7-9-19)23(21-5-2-14-32-21)28-24(31)18-3-1-4-20(15-18)27-22(30)10-12-29-13-11-26-16-29/h1-9,11,13-16,23H,10,12H2,(H,27,30)(H,28,31)/t23-/m0/s1. The normalized spacial score (nSPS) is 11.7. The van der Waals surface area contributed by atoms with Gasteiger partial charge in [-0.05, 0) is 47.3 Å². The summed E-state index contributed by atoms with van der Waals surface area (Å²) in [7, 11) is 0. The highest BCUT2D eigenvalue weighted by atomic mass is 32.1. The van der Waals surface area contributed by atoms with Gasteiger partial charge in [0.1, 0.15) is 5.82 Å². The molecular formula is C24H21FN4O2S. The predicted octanol–water partition coefficient (Wildman–Crippen LogP) is 4.63. The summed E-state index contributed by atoms with van der Waals surface area (Å²) in [6, 6.07) is 16.3. The van der Waals surface area contributed by atoms with E-state index >= 15 is 0 Å². The van der Waals surface area contributed by atoms with Gasteiger partial charge >= 0.3 is 0 Å². The van der Waals surface area contributed by atoms with Crippen LogP contribution in [0.25, 0.3) is 0 Å². The van der Waals surface area contributed by atoms with Gasteiger partial charge in [0.2, 0.25) is 5.91 Å². The molecule has 162 valence electrons. The van der Waals surface area contributed by atoms with Gasteiger partial charge in [-0.2, -0.15) is 0 Å². The molecule has 2 aromatic heterocycles. The van der Waals surface area contributed by atoms with Crippen LogP contribution in [0.15, 0.2) is 84.8 Å². The molecule has 0 saturated heterocycles. The summed E-state index contributed by atoms with van der Waals surface area (Å²) in [5.41, 5.74) is 1.75. The third-order valence-corrected chi connectivity index (χ3v) is 5.81. The van der Waals surface area contributed by atoms with Crippen molar-refractivity contribution in [3.8, 4) is 0 Å². The van der Waals surface area contributed by atoms with E-state index < -0.39 is 6.04 Å². The number of amides is 2. The molecule has 6 nitrogen and oxygen atoms in total. The first-order valence-electron chi connectivity index (χ1n) is 10.0. The summed E-state index contributed by atoms with van der Waals surface area (Å²) in [4.78, 5) is 30.2. The average Bonchev–Trinajstić information content (AvgIpc) is 3.51. The van der Waals surface area contributed by atoms with E-state index in [0.717, 1.165) is 10.4 Å². The van der Waals surface area contributed by atoms with E-state index in [1.165, 1.54) is 23.5 Å². The lowest BCUT2D eigenvalue weighted by atomic mass is 10.0. The van der Waals surface area contributed by atoms with Gasteiger partial charge in [-0.3, -0.25) is 9.59 Å². The Labute approximate surface area is 188 Å². The second kappa shape index (κ2) is 10.0. The van der Waals surface area contributed by atoms with Crippen molar-refractivity contribution in [2.24, 2.45) is 0 Å². The second-order valence-corrected chi connectivity index (χ2v) is 8.13. The van der Waals surface area contributed by atoms with E-state index in [2.05, 4.69) is 15.6 Å². The van der Waals surface area contributed by atoms with Crippen molar-refractivity contribution in [3.63, 3.8) is 0 Å². The average molecular weight is 449 g/mol. The van der Waals surface area contributed by atoms with Crippen LogP contribution in [-0.4, -0.2) is 21.4 Å². The van der Waals surface area contributed by atoms with E-state index in [1.54, 1.807) is 55.1 Å². The number of aromatic nitrogens is 2. The number of aryl methyl sites for hydroxylation is 1. The van der Waals surface area contributed by atoms with Crippen LogP contribution in [0.5, 0.6) is 0 Å². The van der Waals surface area contributed by atoms with Crippen molar-refractivity contribution in [2.45, 2.75) is 19.0 Å². The summed E-state index contributed by atoms with van der Waals surface area (Å²) in [5, 5.41) is 7.78. The lowest BCUT2D eigenvalue weighted by Gasteiger charge is -2.18. The molecule has 2 heterocycles. The first-order chi connectivity index (χ1) is 15.6. The second-order valence-electron chi connectivity index (χ2n) is 7.15. The van der Waals surface area contributed by atoms with E-state index in [1.807, 2.05) is 22.1 Å². The number of carbonyl (C=O) groups excluding carboxylic acids is 2. The van der Waals surface area contributed by atoms with Crippen LogP contribution in [0.3, 0.4) is 0 Å². The van der Waals surface area contributed by atoms with Gasteiger partial charge in [0.25, 0.3) is 5.91 Å². The zero-order valence-electron chi connectivity index (χ0n) is 17.1. The van der Waals surface area contributed by atoms with E-state index in [9.17, 15) is 14.0 Å². The fourth-order valence-electron chi connectivity index (χ4n) is 3.26. The maximum Gasteiger partial charge on any atom is 0.252 e. The molecule has 4 aromatic rings. The smallest absolute Gasteiger partial charge is 0.252 e. The van der Waals surface area contributed by atoms with Gasteiger partial charge in [-0.1, -0.05) is 24.3 Å². The van der Waals surface area contributed by atoms with Gasteiger partial charge in [0, 0.05) is 41.5 Å². The third-order valence-electron chi connectivity index (χ3n) is 4.87. The summed E-state index contributed by atoms with van der Waals surface area (Å²) < 4.78 is 15.2. The van der Waals surface area contributed by atoms with Gasteiger partial charge in [0.15, 0.2) is 0 Å². The molecule has 4 rings (SSSR count). The minimum Gasteiger partial charge on any atom is -0.340 e. The van der Waals surface area contributed by atoms with Crippen molar-refractivity contribution in [1.82, 2.24) is 14.9 Å². The zero-order valence-corrected chi connectivity index (χ0v) is 17.9. The van der Waals surface area contributed by atoms with E-state index in [-0.39, 0.29) is 24.1 Å². The SMILES string of the molecule is O=C(CCn1ccnc1)Nc1cccc(C(=O)N[C@@H](c2ccc(F)cc2)c2cccs2)c1. The molecule has 0 radical (unpaired) electrons. The predicted molar refractivity (Wildman–Crippen MR) is 122 cm³/mol. The molecule has 2 N–H and O–H groups in total. The number of nitrogens with zero attached hydrogens (tertiary/aromatic N) is 2. The van der Waals surface area contributed by atoms with Crippen LogP contribution in [0.4, 0.5) is 10.1 Å². The van der Waals surface area contributed by atoms with Crippen molar-refractivity contribution in [2.75, 3.05) is 5.32 Å².